The van der Waals surface area contributed by atoms with Gasteiger partial charge in [0.15, 0.2) is 6.61 Å². The fourth-order valence-corrected chi connectivity index (χ4v) is 3.84. The second kappa shape index (κ2) is 8.79. The van der Waals surface area contributed by atoms with Crippen molar-refractivity contribution in [2.24, 2.45) is 5.92 Å². The first-order valence-electron chi connectivity index (χ1n) is 8.80. The zero-order chi connectivity index (χ0) is 20.2. The van der Waals surface area contributed by atoms with Crippen LogP contribution in [0.15, 0.2) is 23.1 Å². The van der Waals surface area contributed by atoms with E-state index in [1.54, 1.807) is 0 Å². The monoisotopic (exact) mass is 400 g/mol. The lowest BCUT2D eigenvalue weighted by Gasteiger charge is -2.26. The molecule has 150 valence electrons. The van der Waals surface area contributed by atoms with Crippen molar-refractivity contribution < 1.29 is 27.1 Å². The maximum Gasteiger partial charge on any atom is 0.341 e. The molecule has 1 aliphatic carbocycles. The molecular formula is C18H25FN2O5S. The van der Waals surface area contributed by atoms with Crippen LogP contribution in [-0.4, -0.2) is 51.3 Å². The van der Waals surface area contributed by atoms with Gasteiger partial charge in [-0.2, -0.15) is 0 Å². The molecule has 7 nitrogen and oxygen atoms in total. The highest BCUT2D eigenvalue weighted by atomic mass is 32.2. The highest BCUT2D eigenvalue weighted by Gasteiger charge is 2.23. The van der Waals surface area contributed by atoms with E-state index in [1.807, 2.05) is 0 Å². The van der Waals surface area contributed by atoms with E-state index in [0.717, 1.165) is 48.2 Å². The number of amides is 1. The summed E-state index contributed by atoms with van der Waals surface area (Å²) in [4.78, 5) is 23.8. The van der Waals surface area contributed by atoms with E-state index in [2.05, 4.69) is 12.2 Å². The van der Waals surface area contributed by atoms with Crippen LogP contribution in [0.5, 0.6) is 0 Å². The zero-order valence-corrected chi connectivity index (χ0v) is 16.5. The number of nitrogens with one attached hydrogen (secondary N) is 1. The van der Waals surface area contributed by atoms with Crippen LogP contribution in [0.2, 0.25) is 0 Å². The Kier molecular flexibility index (Phi) is 6.94. The van der Waals surface area contributed by atoms with Crippen LogP contribution in [0.1, 0.15) is 43.0 Å². The predicted octanol–water partition coefficient (Wildman–Crippen LogP) is 1.93. The molecule has 0 saturated heterocycles. The lowest BCUT2D eigenvalue weighted by atomic mass is 9.87. The Hall–Kier alpha value is -2.00. The zero-order valence-electron chi connectivity index (χ0n) is 15.7. The van der Waals surface area contributed by atoms with Gasteiger partial charge in [0.05, 0.1) is 10.5 Å². The van der Waals surface area contributed by atoms with Crippen molar-refractivity contribution in [3.05, 3.63) is 29.6 Å². The maximum atomic E-state index is 13.9. The predicted molar refractivity (Wildman–Crippen MR) is 97.1 cm³/mol. The van der Waals surface area contributed by atoms with E-state index < -0.39 is 39.9 Å². The Bertz CT molecular complexity index is 802. The largest absolute Gasteiger partial charge is 0.452 e. The second-order valence-corrected chi connectivity index (χ2v) is 9.18. The minimum atomic E-state index is -3.83. The molecule has 1 amide bonds. The lowest BCUT2D eigenvalue weighted by molar-refractivity contribution is -0.125. The van der Waals surface area contributed by atoms with Crippen LogP contribution in [0.3, 0.4) is 0 Å². The van der Waals surface area contributed by atoms with Gasteiger partial charge in [-0.3, -0.25) is 4.79 Å². The molecule has 1 fully saturated rings. The first kappa shape index (κ1) is 21.3. The number of nitrogens with zero attached hydrogens (tertiary/aromatic N) is 1. The Morgan fingerprint density at radius 1 is 1.22 bits per heavy atom. The molecule has 1 N–H and O–H groups in total. The van der Waals surface area contributed by atoms with Crippen molar-refractivity contribution in [2.45, 2.75) is 43.5 Å². The van der Waals surface area contributed by atoms with Crippen molar-refractivity contribution in [1.29, 1.82) is 0 Å². The highest BCUT2D eigenvalue weighted by Crippen LogP contribution is 2.23. The molecular weight excluding hydrogens is 375 g/mol. The van der Waals surface area contributed by atoms with Crippen LogP contribution >= 0.6 is 0 Å². The van der Waals surface area contributed by atoms with Gasteiger partial charge in [-0.15, -0.1) is 0 Å². The molecule has 1 aromatic carbocycles. The molecule has 1 saturated carbocycles. The van der Waals surface area contributed by atoms with Crippen LogP contribution in [-0.2, 0) is 19.6 Å². The molecule has 0 unspecified atom stereocenters. The van der Waals surface area contributed by atoms with Crippen LogP contribution in [0, 0.1) is 11.7 Å². The van der Waals surface area contributed by atoms with Gasteiger partial charge in [-0.25, -0.2) is 21.9 Å². The van der Waals surface area contributed by atoms with Gasteiger partial charge in [0.2, 0.25) is 10.0 Å². The van der Waals surface area contributed by atoms with Crippen molar-refractivity contribution in [3.8, 4) is 0 Å². The number of benzene rings is 1. The van der Waals surface area contributed by atoms with E-state index in [4.69, 9.17) is 4.74 Å². The van der Waals surface area contributed by atoms with Gasteiger partial charge < -0.3 is 10.1 Å². The van der Waals surface area contributed by atoms with Gasteiger partial charge in [0, 0.05) is 20.1 Å². The third kappa shape index (κ3) is 5.49. The van der Waals surface area contributed by atoms with Gasteiger partial charge in [-0.05, 0) is 49.8 Å². The molecule has 0 bridgehead atoms. The highest BCUT2D eigenvalue weighted by molar-refractivity contribution is 7.89. The summed E-state index contributed by atoms with van der Waals surface area (Å²) in [5.41, 5.74) is -0.530. The number of sulfonamides is 1. The number of hydrogen-bond acceptors (Lipinski definition) is 5. The van der Waals surface area contributed by atoms with Crippen LogP contribution in [0.4, 0.5) is 4.39 Å². The molecule has 0 spiro atoms. The Morgan fingerprint density at radius 2 is 1.85 bits per heavy atom. The summed E-state index contributed by atoms with van der Waals surface area (Å²) in [6.45, 7) is 1.62. The summed E-state index contributed by atoms with van der Waals surface area (Å²) in [5.74, 6) is -1.82. The number of hydrogen-bond donors (Lipinski definition) is 1. The van der Waals surface area contributed by atoms with Crippen LogP contribution in [0.25, 0.3) is 0 Å². The Labute approximate surface area is 158 Å². The summed E-state index contributed by atoms with van der Waals surface area (Å²) >= 11 is 0. The maximum absolute atomic E-state index is 13.9. The standard InChI is InChI=1S/C18H25FN2O5S/c1-12-4-6-13(7-5-12)20-17(22)11-26-18(23)15-10-14(8-9-16(15)19)27(24,25)21(2)3/h8-10,12-13H,4-7,11H2,1-3H3,(H,20,22). The average molecular weight is 400 g/mol. The van der Waals surface area contributed by atoms with Gasteiger partial charge in [-0.1, -0.05) is 6.92 Å². The smallest absolute Gasteiger partial charge is 0.341 e. The minimum Gasteiger partial charge on any atom is -0.452 e. The van der Waals surface area contributed by atoms with Crippen LogP contribution < -0.4 is 5.32 Å². The first-order chi connectivity index (χ1) is 12.6. The van der Waals surface area contributed by atoms with Crippen molar-refractivity contribution >= 4 is 21.9 Å². The molecule has 0 heterocycles. The molecule has 0 aromatic heterocycles. The molecule has 0 radical (unpaired) electrons. The van der Waals surface area contributed by atoms with Gasteiger partial charge in [0.25, 0.3) is 5.91 Å². The third-order valence-electron chi connectivity index (χ3n) is 4.65. The van der Waals surface area contributed by atoms with E-state index in [1.165, 1.54) is 14.1 Å². The van der Waals surface area contributed by atoms with Gasteiger partial charge in [0.1, 0.15) is 5.82 Å². The number of halogens is 1. The van der Waals surface area contributed by atoms with Crippen molar-refractivity contribution in [3.63, 3.8) is 0 Å². The number of carbonyl (C=O) groups is 2. The number of ether oxygens (including phenoxy) is 1. The lowest BCUT2D eigenvalue weighted by Crippen LogP contribution is -2.39. The minimum absolute atomic E-state index is 0.0534. The third-order valence-corrected chi connectivity index (χ3v) is 6.46. The van der Waals surface area contributed by atoms with E-state index >= 15 is 0 Å². The van der Waals surface area contributed by atoms with E-state index in [0.29, 0.717) is 5.92 Å². The molecule has 0 atom stereocenters. The summed E-state index contributed by atoms with van der Waals surface area (Å²) < 4.78 is 44.0. The van der Waals surface area contributed by atoms with E-state index in [-0.39, 0.29) is 10.9 Å². The second-order valence-electron chi connectivity index (χ2n) is 7.03. The summed E-state index contributed by atoms with van der Waals surface area (Å²) in [6, 6.07) is 2.92. The molecule has 27 heavy (non-hydrogen) atoms. The number of rotatable bonds is 6. The average Bonchev–Trinajstić information content (AvgIpc) is 2.61. The molecule has 1 aliphatic rings. The number of esters is 1. The fourth-order valence-electron chi connectivity index (χ4n) is 2.91. The topological polar surface area (TPSA) is 92.8 Å². The normalized spacial score (nSPS) is 20.3. The van der Waals surface area contributed by atoms with Crippen molar-refractivity contribution in [1.82, 2.24) is 9.62 Å². The fraction of sp³-hybridized carbons (Fsp3) is 0.556. The summed E-state index contributed by atoms with van der Waals surface area (Å²) in [6.07, 6.45) is 3.81. The SMILES string of the molecule is CC1CCC(NC(=O)COC(=O)c2cc(S(=O)(=O)N(C)C)ccc2F)CC1. The molecule has 2 rings (SSSR count). The Balaban J connectivity index is 1.98. The first-order valence-corrected chi connectivity index (χ1v) is 10.2. The van der Waals surface area contributed by atoms with Crippen molar-refractivity contribution in [2.75, 3.05) is 20.7 Å². The summed E-state index contributed by atoms with van der Waals surface area (Å²) in [5, 5.41) is 2.80. The quantitative estimate of drug-likeness (QED) is 0.737. The Morgan fingerprint density at radius 3 is 2.44 bits per heavy atom. The summed E-state index contributed by atoms with van der Waals surface area (Å²) in [7, 11) is -1.17. The molecule has 0 aliphatic heterocycles. The van der Waals surface area contributed by atoms with E-state index in [9.17, 15) is 22.4 Å². The molecule has 1 aromatic rings. The van der Waals surface area contributed by atoms with Gasteiger partial charge >= 0.3 is 5.97 Å². The number of carbonyl (C=O) groups excluding carboxylic acids is 2. The molecule has 9 heteroatoms.